The van der Waals surface area contributed by atoms with Crippen LogP contribution in [0.5, 0.6) is 0 Å². The molecule has 50 valence electrons. The van der Waals surface area contributed by atoms with Crippen LogP contribution < -0.4 is 91.2 Å². The first kappa shape index (κ1) is 22.7. The van der Waals surface area contributed by atoms with Gasteiger partial charge in [0.25, 0.3) is 0 Å². The molecule has 0 unspecified atom stereocenters. The second-order valence-corrected chi connectivity index (χ2v) is 0.862. The molecule has 0 spiro atoms. The van der Waals surface area contributed by atoms with Gasteiger partial charge in [0.1, 0.15) is 0 Å². The minimum Gasteiger partial charge on any atom is -0.784 e. The molecular formula is CKNaO6S-2. The maximum atomic E-state index is 8.44. The number of hydrogen-bond acceptors (Lipinski definition) is 6. The van der Waals surface area contributed by atoms with Crippen LogP contribution in [0, 0.1) is 0 Å². The zero-order valence-electron chi connectivity index (χ0n) is 5.36. The van der Waals surface area contributed by atoms with E-state index >= 15 is 0 Å². The van der Waals surface area contributed by atoms with Gasteiger partial charge in [-0.15, -0.1) is 11.4 Å². The molecular weight excluding hydrogens is 202 g/mol. The van der Waals surface area contributed by atoms with Crippen molar-refractivity contribution in [3.8, 4) is 0 Å². The van der Waals surface area contributed by atoms with E-state index in [1.165, 1.54) is 0 Å². The van der Waals surface area contributed by atoms with Crippen molar-refractivity contribution >= 4 is 17.5 Å². The molecule has 10 heavy (non-hydrogen) atoms. The van der Waals surface area contributed by atoms with E-state index in [1.807, 2.05) is 0 Å². The van der Waals surface area contributed by atoms with Crippen LogP contribution in [0.4, 0.5) is 4.79 Å². The van der Waals surface area contributed by atoms with Crippen molar-refractivity contribution < 1.29 is 109 Å². The monoisotopic (exact) mass is 202 g/mol. The molecule has 9 heteroatoms. The number of carbonyl (C=O) groups excluding carboxylic acids is 1. The van der Waals surface area contributed by atoms with Crippen LogP contribution in [-0.4, -0.2) is 19.5 Å². The van der Waals surface area contributed by atoms with Crippen molar-refractivity contribution in [1.82, 2.24) is 0 Å². The van der Waals surface area contributed by atoms with E-state index in [2.05, 4.69) is 0 Å². The molecule has 0 aliphatic heterocycles. The molecule has 0 heterocycles. The summed E-state index contributed by atoms with van der Waals surface area (Å²) >= 11 is -3.11. The molecule has 0 rings (SSSR count). The Kier molecular flexibility index (Phi) is 38.9. The van der Waals surface area contributed by atoms with Crippen molar-refractivity contribution in [2.75, 3.05) is 0 Å². The SMILES string of the molecule is O=C([O-])[O-].O=S([O-])[O-].[K+].[Na+]. The summed E-state index contributed by atoms with van der Waals surface area (Å²) in [6.45, 7) is 0. The zero-order valence-corrected chi connectivity index (χ0v) is 11.3. The van der Waals surface area contributed by atoms with Crippen LogP contribution in [0.1, 0.15) is 0 Å². The molecule has 0 fully saturated rings. The summed E-state index contributed by atoms with van der Waals surface area (Å²) in [6, 6.07) is 0. The largest absolute Gasteiger partial charge is 1.00 e. The van der Waals surface area contributed by atoms with Crippen molar-refractivity contribution in [3.63, 3.8) is 0 Å². The first-order valence-electron chi connectivity index (χ1n) is 1.11. The average Bonchev–Trinajstić information content (AvgIpc) is 1.25. The zero-order chi connectivity index (χ0) is 7.15. The number of carbonyl (C=O) groups is 1. The van der Waals surface area contributed by atoms with Crippen LogP contribution >= 0.6 is 0 Å². The Morgan fingerprint density at radius 2 is 1.20 bits per heavy atom. The summed E-state index contributed by atoms with van der Waals surface area (Å²) in [4.78, 5) is 8.33. The Morgan fingerprint density at radius 1 is 1.20 bits per heavy atom. The minimum absolute atomic E-state index is 0. The smallest absolute Gasteiger partial charge is 0.784 e. The van der Waals surface area contributed by atoms with Gasteiger partial charge < -0.3 is 24.1 Å². The molecule has 0 N–H and O–H groups in total. The van der Waals surface area contributed by atoms with Gasteiger partial charge in [0.15, 0.2) is 0 Å². The van der Waals surface area contributed by atoms with Gasteiger partial charge in [-0.25, -0.2) is 0 Å². The molecule has 0 aromatic rings. The maximum absolute atomic E-state index is 8.44. The van der Waals surface area contributed by atoms with E-state index < -0.39 is 17.5 Å². The van der Waals surface area contributed by atoms with Crippen LogP contribution in [0.3, 0.4) is 0 Å². The summed E-state index contributed by atoms with van der Waals surface area (Å²) in [7, 11) is 0. The Balaban J connectivity index is -0.0000000300. The standard InChI is InChI=1S/CH2O3.K.Na.H2O3S/c2-1(3)4;;;1-4(2)3/h(H2,2,3,4);;;(H2,1,2,3)/q;2*+1;/p-4. The normalized spacial score (nSPS) is 5.90. The van der Waals surface area contributed by atoms with Gasteiger partial charge >= 0.3 is 80.9 Å². The maximum Gasteiger partial charge on any atom is 1.00 e. The number of rotatable bonds is 0. The van der Waals surface area contributed by atoms with Crippen molar-refractivity contribution in [3.05, 3.63) is 0 Å². The van der Waals surface area contributed by atoms with Crippen molar-refractivity contribution in [1.29, 1.82) is 0 Å². The molecule has 0 amide bonds. The molecule has 0 aliphatic rings. The Morgan fingerprint density at radius 3 is 1.20 bits per heavy atom. The predicted molar refractivity (Wildman–Crippen MR) is 15.1 cm³/mol. The molecule has 0 atom stereocenters. The van der Waals surface area contributed by atoms with Gasteiger partial charge in [0, 0.05) is 0 Å². The summed E-state index contributed by atoms with van der Waals surface area (Å²) in [5.74, 6) is 0. The molecule has 0 radical (unpaired) electrons. The van der Waals surface area contributed by atoms with Crippen molar-refractivity contribution in [2.45, 2.75) is 0 Å². The topological polar surface area (TPSA) is 126 Å². The van der Waals surface area contributed by atoms with Gasteiger partial charge in [0.2, 0.25) is 0 Å². The predicted octanol–water partition coefficient (Wildman–Crippen LogP) is -9.44. The third kappa shape index (κ3) is 206. The van der Waals surface area contributed by atoms with Gasteiger partial charge in [-0.3, -0.25) is 4.21 Å². The van der Waals surface area contributed by atoms with E-state index in [-0.39, 0.29) is 80.9 Å². The molecule has 6 nitrogen and oxygen atoms in total. The van der Waals surface area contributed by atoms with E-state index in [0.717, 1.165) is 0 Å². The quantitative estimate of drug-likeness (QED) is 0.283. The summed E-state index contributed by atoms with van der Waals surface area (Å²) < 4.78 is 25.3. The third-order valence-electron chi connectivity index (χ3n) is 0. The van der Waals surface area contributed by atoms with Gasteiger partial charge in [0.05, 0.1) is 0 Å². The summed E-state index contributed by atoms with van der Waals surface area (Å²) in [6.07, 6.45) is -2.33. The first-order valence-corrected chi connectivity index (χ1v) is 2.11. The van der Waals surface area contributed by atoms with E-state index in [9.17, 15) is 0 Å². The third-order valence-corrected chi connectivity index (χ3v) is 0. The fourth-order valence-electron chi connectivity index (χ4n) is 0. The van der Waals surface area contributed by atoms with E-state index in [1.54, 1.807) is 0 Å². The summed E-state index contributed by atoms with van der Waals surface area (Å²) in [5, 5.41) is 16.7. The molecule has 0 saturated carbocycles. The van der Waals surface area contributed by atoms with Crippen molar-refractivity contribution in [2.24, 2.45) is 0 Å². The minimum atomic E-state index is -3.11. The van der Waals surface area contributed by atoms with Gasteiger partial charge in [-0.2, -0.15) is 0 Å². The fraction of sp³-hybridized carbons (Fsp3) is 0. The molecule has 0 aromatic heterocycles. The Bertz CT molecular complexity index is 75.7. The van der Waals surface area contributed by atoms with Crippen LogP contribution in [-0.2, 0) is 11.4 Å². The number of carboxylic acid groups (broad SMARTS) is 2. The van der Waals surface area contributed by atoms with Gasteiger partial charge in [-0.05, 0) is 6.16 Å². The molecule has 0 aromatic carbocycles. The molecule has 0 saturated heterocycles. The van der Waals surface area contributed by atoms with E-state index in [0.29, 0.717) is 0 Å². The second kappa shape index (κ2) is 17.2. The fourth-order valence-corrected chi connectivity index (χ4v) is 0. The molecule has 0 aliphatic carbocycles. The first-order chi connectivity index (χ1) is 3.46. The summed E-state index contributed by atoms with van der Waals surface area (Å²) in [5.41, 5.74) is 0. The van der Waals surface area contributed by atoms with Crippen LogP contribution in [0.25, 0.3) is 0 Å². The Hall–Kier alpha value is 1.98. The van der Waals surface area contributed by atoms with Gasteiger partial charge in [-0.1, -0.05) is 0 Å². The average molecular weight is 202 g/mol. The second-order valence-electron chi connectivity index (χ2n) is 0.454. The molecule has 0 bridgehead atoms. The van der Waals surface area contributed by atoms with E-state index in [4.69, 9.17) is 28.3 Å². The number of hydrogen-bond donors (Lipinski definition) is 0. The van der Waals surface area contributed by atoms with Crippen LogP contribution in [0.2, 0.25) is 0 Å². The van der Waals surface area contributed by atoms with Crippen LogP contribution in [0.15, 0.2) is 0 Å². The Labute approximate surface area is 124 Å².